The molecule has 0 N–H and O–H groups in total. The number of methoxy groups -OCH3 is 1. The van der Waals surface area contributed by atoms with Gasteiger partial charge in [0.25, 0.3) is 10.1 Å². The highest BCUT2D eigenvalue weighted by Gasteiger charge is 2.55. The van der Waals surface area contributed by atoms with Crippen LogP contribution in [0.2, 0.25) is 0 Å². The van der Waals surface area contributed by atoms with E-state index in [2.05, 4.69) is 0 Å². The molecule has 4 atom stereocenters. The lowest BCUT2D eigenvalue weighted by Gasteiger charge is -2.23. The molecule has 134 valence electrons. The molecule has 0 spiro atoms. The van der Waals surface area contributed by atoms with Gasteiger partial charge < -0.3 is 18.9 Å². The maximum atomic E-state index is 12.3. The SMILES string of the molecule is CO[C@@H]1O[C@H](COS(=O)(=O)c2ccc(C)cc2)C2OC(C)(C)OC21. The van der Waals surface area contributed by atoms with Gasteiger partial charge in [-0.2, -0.15) is 8.42 Å². The highest BCUT2D eigenvalue weighted by atomic mass is 32.2. The molecule has 2 aliphatic rings. The van der Waals surface area contributed by atoms with E-state index in [4.69, 9.17) is 23.1 Å². The number of fused-ring (bicyclic) bond motifs is 1. The van der Waals surface area contributed by atoms with Crippen molar-refractivity contribution >= 4 is 10.1 Å². The summed E-state index contributed by atoms with van der Waals surface area (Å²) in [6, 6.07) is 6.46. The van der Waals surface area contributed by atoms with E-state index in [9.17, 15) is 8.42 Å². The van der Waals surface area contributed by atoms with Gasteiger partial charge in [-0.25, -0.2) is 0 Å². The number of aryl methyl sites for hydroxylation is 1. The van der Waals surface area contributed by atoms with Crippen LogP contribution in [0.4, 0.5) is 0 Å². The van der Waals surface area contributed by atoms with Crippen LogP contribution in [0, 0.1) is 6.92 Å². The Morgan fingerprint density at radius 1 is 1.12 bits per heavy atom. The minimum Gasteiger partial charge on any atom is -0.353 e. The molecule has 1 aromatic rings. The van der Waals surface area contributed by atoms with Crippen molar-refractivity contribution in [3.8, 4) is 0 Å². The standard InChI is InChI=1S/C16H22O7S/c1-10-5-7-11(8-6-10)24(17,18)20-9-12-13-14(15(19-4)21-12)23-16(2,3)22-13/h5-8,12-15H,9H2,1-4H3/t12-,13?,14?,15-/m1/s1. The van der Waals surface area contributed by atoms with Crippen molar-refractivity contribution in [1.82, 2.24) is 0 Å². The molecule has 0 saturated carbocycles. The van der Waals surface area contributed by atoms with Crippen molar-refractivity contribution in [2.75, 3.05) is 13.7 Å². The zero-order valence-corrected chi connectivity index (χ0v) is 14.9. The van der Waals surface area contributed by atoms with Gasteiger partial charge in [0.15, 0.2) is 12.1 Å². The normalized spacial score (nSPS) is 32.0. The molecule has 7 nitrogen and oxygen atoms in total. The quantitative estimate of drug-likeness (QED) is 0.740. The predicted octanol–water partition coefficient (Wildman–Crippen LogP) is 1.59. The monoisotopic (exact) mass is 358 g/mol. The predicted molar refractivity (Wildman–Crippen MR) is 83.8 cm³/mol. The Balaban J connectivity index is 1.69. The van der Waals surface area contributed by atoms with E-state index in [-0.39, 0.29) is 11.5 Å². The zero-order valence-electron chi connectivity index (χ0n) is 14.1. The molecule has 3 rings (SSSR count). The summed E-state index contributed by atoms with van der Waals surface area (Å²) >= 11 is 0. The van der Waals surface area contributed by atoms with Crippen LogP contribution >= 0.6 is 0 Å². The first kappa shape index (κ1) is 17.8. The Labute approximate surface area is 141 Å². The van der Waals surface area contributed by atoms with Crippen LogP contribution in [-0.4, -0.2) is 52.5 Å². The molecule has 24 heavy (non-hydrogen) atoms. The van der Waals surface area contributed by atoms with Crippen LogP contribution in [0.1, 0.15) is 19.4 Å². The minimum atomic E-state index is -3.86. The molecule has 0 aromatic heterocycles. The summed E-state index contributed by atoms with van der Waals surface area (Å²) in [6.45, 7) is 5.29. The smallest absolute Gasteiger partial charge is 0.297 e. The Morgan fingerprint density at radius 2 is 1.75 bits per heavy atom. The lowest BCUT2D eigenvalue weighted by atomic mass is 10.1. The van der Waals surface area contributed by atoms with Gasteiger partial charge >= 0.3 is 0 Å². The van der Waals surface area contributed by atoms with Gasteiger partial charge in [-0.3, -0.25) is 4.18 Å². The Hall–Kier alpha value is -1.03. The molecule has 2 heterocycles. The molecule has 1 aromatic carbocycles. The summed E-state index contributed by atoms with van der Waals surface area (Å²) in [6.07, 6.45) is -2.08. The lowest BCUT2D eigenvalue weighted by Crippen LogP contribution is -2.33. The molecule has 0 amide bonds. The Bertz CT molecular complexity index is 683. The number of rotatable bonds is 5. The van der Waals surface area contributed by atoms with E-state index < -0.39 is 40.5 Å². The largest absolute Gasteiger partial charge is 0.353 e. The highest BCUT2D eigenvalue weighted by Crippen LogP contribution is 2.39. The summed E-state index contributed by atoms with van der Waals surface area (Å²) in [5, 5.41) is 0. The third-order valence-corrected chi connectivity index (χ3v) is 5.33. The second-order valence-electron chi connectivity index (χ2n) is 6.40. The van der Waals surface area contributed by atoms with E-state index in [0.717, 1.165) is 5.56 Å². The van der Waals surface area contributed by atoms with E-state index >= 15 is 0 Å². The molecule has 0 aliphatic carbocycles. The van der Waals surface area contributed by atoms with Crippen molar-refractivity contribution in [3.63, 3.8) is 0 Å². The number of hydrogen-bond donors (Lipinski definition) is 0. The van der Waals surface area contributed by atoms with Crippen molar-refractivity contribution in [1.29, 1.82) is 0 Å². The first-order chi connectivity index (χ1) is 11.2. The van der Waals surface area contributed by atoms with Crippen LogP contribution < -0.4 is 0 Å². The summed E-state index contributed by atoms with van der Waals surface area (Å²) in [4.78, 5) is 0.106. The van der Waals surface area contributed by atoms with Crippen molar-refractivity contribution < 1.29 is 31.5 Å². The van der Waals surface area contributed by atoms with E-state index in [1.807, 2.05) is 6.92 Å². The van der Waals surface area contributed by atoms with Gasteiger partial charge in [0.1, 0.15) is 18.3 Å². The number of hydrogen-bond acceptors (Lipinski definition) is 7. The van der Waals surface area contributed by atoms with E-state index in [0.29, 0.717) is 0 Å². The van der Waals surface area contributed by atoms with Crippen LogP contribution in [-0.2, 0) is 33.2 Å². The summed E-state index contributed by atoms with van der Waals surface area (Å²) in [5.41, 5.74) is 0.970. The molecular weight excluding hydrogens is 336 g/mol. The van der Waals surface area contributed by atoms with Crippen LogP contribution in [0.3, 0.4) is 0 Å². The Kier molecular flexibility index (Phi) is 4.71. The maximum absolute atomic E-state index is 12.3. The second kappa shape index (κ2) is 6.36. The fourth-order valence-electron chi connectivity index (χ4n) is 2.90. The highest BCUT2D eigenvalue weighted by molar-refractivity contribution is 7.86. The first-order valence-electron chi connectivity index (χ1n) is 7.72. The van der Waals surface area contributed by atoms with Gasteiger partial charge in [-0.15, -0.1) is 0 Å². The molecule has 2 aliphatic heterocycles. The minimum absolute atomic E-state index is 0.106. The first-order valence-corrected chi connectivity index (χ1v) is 9.13. The topological polar surface area (TPSA) is 80.3 Å². The Morgan fingerprint density at radius 3 is 2.38 bits per heavy atom. The fourth-order valence-corrected chi connectivity index (χ4v) is 3.81. The fraction of sp³-hybridized carbons (Fsp3) is 0.625. The molecule has 2 saturated heterocycles. The van der Waals surface area contributed by atoms with Crippen LogP contribution in [0.25, 0.3) is 0 Å². The van der Waals surface area contributed by atoms with Gasteiger partial charge in [0.05, 0.1) is 11.5 Å². The van der Waals surface area contributed by atoms with Gasteiger partial charge in [0.2, 0.25) is 0 Å². The van der Waals surface area contributed by atoms with Crippen molar-refractivity contribution in [3.05, 3.63) is 29.8 Å². The van der Waals surface area contributed by atoms with Gasteiger partial charge in [0, 0.05) is 7.11 Å². The van der Waals surface area contributed by atoms with Crippen LogP contribution in [0.15, 0.2) is 29.2 Å². The molecule has 0 radical (unpaired) electrons. The molecular formula is C16H22O7S. The molecule has 8 heteroatoms. The maximum Gasteiger partial charge on any atom is 0.297 e. The second-order valence-corrected chi connectivity index (χ2v) is 8.01. The average Bonchev–Trinajstić information content (AvgIpc) is 2.99. The summed E-state index contributed by atoms with van der Waals surface area (Å²) in [5.74, 6) is -0.774. The average molecular weight is 358 g/mol. The van der Waals surface area contributed by atoms with E-state index in [1.54, 1.807) is 26.0 Å². The molecule has 0 bridgehead atoms. The lowest BCUT2D eigenvalue weighted by molar-refractivity contribution is -0.229. The van der Waals surface area contributed by atoms with Gasteiger partial charge in [-0.05, 0) is 32.9 Å². The third-order valence-electron chi connectivity index (χ3n) is 4.04. The molecule has 2 unspecified atom stereocenters. The summed E-state index contributed by atoms with van der Waals surface area (Å²) in [7, 11) is -2.36. The van der Waals surface area contributed by atoms with Gasteiger partial charge in [-0.1, -0.05) is 17.7 Å². The van der Waals surface area contributed by atoms with E-state index in [1.165, 1.54) is 19.2 Å². The number of ether oxygens (including phenoxy) is 4. The number of benzene rings is 1. The molecule has 2 fully saturated rings. The van der Waals surface area contributed by atoms with Crippen LogP contribution in [0.5, 0.6) is 0 Å². The van der Waals surface area contributed by atoms with Crippen molar-refractivity contribution in [2.24, 2.45) is 0 Å². The zero-order chi connectivity index (χ0) is 17.5. The van der Waals surface area contributed by atoms with Crippen molar-refractivity contribution in [2.45, 2.75) is 56.1 Å². The third kappa shape index (κ3) is 3.49. The summed E-state index contributed by atoms with van der Waals surface area (Å²) < 4.78 is 52.2.